The number of hydrogen-bond donors (Lipinski definition) is 1. The van der Waals surface area contributed by atoms with Crippen molar-refractivity contribution in [1.29, 1.82) is 0 Å². The second kappa shape index (κ2) is 5.17. The van der Waals surface area contributed by atoms with E-state index >= 15 is 0 Å². The molecule has 3 rings (SSSR count). The molecule has 1 aromatic carbocycles. The molecule has 2 heterocycles. The SMILES string of the molecule is Cc1nn(C)c(Cl)c1CC1(c2cccc(Br)c2)CNC1. The summed E-state index contributed by atoms with van der Waals surface area (Å²) in [7, 11) is 1.89. The van der Waals surface area contributed by atoms with Crippen molar-refractivity contribution < 1.29 is 0 Å². The van der Waals surface area contributed by atoms with Gasteiger partial charge in [-0.3, -0.25) is 4.68 Å². The zero-order chi connectivity index (χ0) is 14.3. The molecule has 2 aromatic rings. The minimum Gasteiger partial charge on any atom is -0.315 e. The Morgan fingerprint density at radius 3 is 2.70 bits per heavy atom. The van der Waals surface area contributed by atoms with E-state index in [2.05, 4.69) is 50.6 Å². The molecule has 1 aliphatic rings. The summed E-state index contributed by atoms with van der Waals surface area (Å²) in [5.41, 5.74) is 3.67. The van der Waals surface area contributed by atoms with Crippen LogP contribution in [0.2, 0.25) is 5.15 Å². The molecular weight excluding hydrogens is 338 g/mol. The van der Waals surface area contributed by atoms with E-state index in [1.807, 2.05) is 14.0 Å². The highest BCUT2D eigenvalue weighted by Gasteiger charge is 2.40. The number of nitrogens with one attached hydrogen (secondary N) is 1. The molecular formula is C15H17BrClN3. The van der Waals surface area contributed by atoms with E-state index in [-0.39, 0.29) is 5.41 Å². The lowest BCUT2D eigenvalue weighted by Gasteiger charge is -2.43. The van der Waals surface area contributed by atoms with E-state index in [4.69, 9.17) is 11.6 Å². The van der Waals surface area contributed by atoms with Crippen LogP contribution in [0.25, 0.3) is 0 Å². The number of hydrogen-bond acceptors (Lipinski definition) is 2. The van der Waals surface area contributed by atoms with E-state index < -0.39 is 0 Å². The number of nitrogens with zero attached hydrogens (tertiary/aromatic N) is 2. The Morgan fingerprint density at radius 1 is 1.45 bits per heavy atom. The van der Waals surface area contributed by atoms with Crippen LogP contribution in [-0.4, -0.2) is 22.9 Å². The Labute approximate surface area is 132 Å². The molecule has 1 saturated heterocycles. The van der Waals surface area contributed by atoms with Gasteiger partial charge in [0.05, 0.1) is 5.69 Å². The summed E-state index contributed by atoms with van der Waals surface area (Å²) in [5.74, 6) is 0. The monoisotopic (exact) mass is 353 g/mol. The van der Waals surface area contributed by atoms with E-state index in [0.717, 1.165) is 40.4 Å². The van der Waals surface area contributed by atoms with Crippen molar-refractivity contribution in [2.24, 2.45) is 7.05 Å². The Kier molecular flexibility index (Phi) is 3.65. The zero-order valence-electron chi connectivity index (χ0n) is 11.6. The first-order valence-electron chi connectivity index (χ1n) is 6.67. The van der Waals surface area contributed by atoms with Gasteiger partial charge >= 0.3 is 0 Å². The molecule has 0 radical (unpaired) electrons. The predicted molar refractivity (Wildman–Crippen MR) is 85.3 cm³/mol. The molecule has 0 atom stereocenters. The molecule has 106 valence electrons. The van der Waals surface area contributed by atoms with E-state index in [1.54, 1.807) is 4.68 Å². The van der Waals surface area contributed by atoms with E-state index in [1.165, 1.54) is 5.56 Å². The van der Waals surface area contributed by atoms with Crippen molar-refractivity contribution in [3.63, 3.8) is 0 Å². The smallest absolute Gasteiger partial charge is 0.130 e. The largest absolute Gasteiger partial charge is 0.315 e. The Bertz CT molecular complexity index is 647. The van der Waals surface area contributed by atoms with Gasteiger partial charge in [-0.1, -0.05) is 39.7 Å². The third-order valence-corrected chi connectivity index (χ3v) is 5.11. The molecule has 0 aliphatic carbocycles. The Hall–Kier alpha value is -0.840. The summed E-state index contributed by atoms with van der Waals surface area (Å²) in [4.78, 5) is 0. The Balaban J connectivity index is 1.98. The first-order valence-corrected chi connectivity index (χ1v) is 7.84. The number of benzene rings is 1. The van der Waals surface area contributed by atoms with Gasteiger partial charge in [-0.05, 0) is 31.0 Å². The lowest BCUT2D eigenvalue weighted by atomic mass is 9.71. The van der Waals surface area contributed by atoms with Crippen LogP contribution in [0.15, 0.2) is 28.7 Å². The molecule has 0 bridgehead atoms. The average Bonchev–Trinajstić information content (AvgIpc) is 2.59. The Morgan fingerprint density at radius 2 is 2.20 bits per heavy atom. The average molecular weight is 355 g/mol. The summed E-state index contributed by atoms with van der Waals surface area (Å²) in [6, 6.07) is 8.56. The van der Waals surface area contributed by atoms with Crippen LogP contribution < -0.4 is 5.32 Å². The van der Waals surface area contributed by atoms with Crippen LogP contribution in [0.1, 0.15) is 16.8 Å². The third-order valence-electron chi connectivity index (χ3n) is 4.15. The van der Waals surface area contributed by atoms with Crippen LogP contribution in [0, 0.1) is 6.92 Å². The molecule has 3 nitrogen and oxygen atoms in total. The van der Waals surface area contributed by atoms with Gasteiger partial charge in [0.25, 0.3) is 0 Å². The molecule has 0 unspecified atom stereocenters. The molecule has 1 aromatic heterocycles. The van der Waals surface area contributed by atoms with Gasteiger partial charge in [0.1, 0.15) is 5.15 Å². The van der Waals surface area contributed by atoms with Crippen molar-refractivity contribution in [1.82, 2.24) is 15.1 Å². The summed E-state index contributed by atoms with van der Waals surface area (Å²) in [6.07, 6.45) is 0.926. The highest BCUT2D eigenvalue weighted by Crippen LogP contribution is 2.36. The minimum absolute atomic E-state index is 0.126. The fourth-order valence-corrected chi connectivity index (χ4v) is 3.53. The van der Waals surface area contributed by atoms with Crippen LogP contribution in [-0.2, 0) is 18.9 Å². The maximum atomic E-state index is 6.39. The fraction of sp³-hybridized carbons (Fsp3) is 0.400. The molecule has 1 N–H and O–H groups in total. The van der Waals surface area contributed by atoms with Gasteiger partial charge in [-0.25, -0.2) is 0 Å². The van der Waals surface area contributed by atoms with Crippen molar-refractivity contribution in [3.8, 4) is 0 Å². The molecule has 0 saturated carbocycles. The van der Waals surface area contributed by atoms with Crippen molar-refractivity contribution in [3.05, 3.63) is 50.7 Å². The zero-order valence-corrected chi connectivity index (χ0v) is 13.9. The topological polar surface area (TPSA) is 29.9 Å². The van der Waals surface area contributed by atoms with E-state index in [9.17, 15) is 0 Å². The summed E-state index contributed by atoms with van der Waals surface area (Å²) in [5, 5.41) is 8.57. The number of aryl methyl sites for hydroxylation is 2. The van der Waals surface area contributed by atoms with Gasteiger partial charge < -0.3 is 5.32 Å². The van der Waals surface area contributed by atoms with Gasteiger partial charge in [-0.15, -0.1) is 0 Å². The second-order valence-electron chi connectivity index (χ2n) is 5.55. The van der Waals surface area contributed by atoms with Gasteiger partial charge in [0, 0.05) is 35.6 Å². The van der Waals surface area contributed by atoms with Crippen LogP contribution >= 0.6 is 27.5 Å². The summed E-state index contributed by atoms with van der Waals surface area (Å²) in [6.45, 7) is 3.99. The molecule has 1 aliphatic heterocycles. The number of rotatable bonds is 3. The first-order chi connectivity index (χ1) is 9.52. The third kappa shape index (κ3) is 2.30. The lowest BCUT2D eigenvalue weighted by molar-refractivity contribution is 0.274. The fourth-order valence-electron chi connectivity index (χ4n) is 2.89. The maximum Gasteiger partial charge on any atom is 0.130 e. The number of halogens is 2. The summed E-state index contributed by atoms with van der Waals surface area (Å²) < 4.78 is 2.88. The number of aromatic nitrogens is 2. The second-order valence-corrected chi connectivity index (χ2v) is 6.82. The van der Waals surface area contributed by atoms with Crippen LogP contribution in [0.5, 0.6) is 0 Å². The van der Waals surface area contributed by atoms with Crippen LogP contribution in [0.4, 0.5) is 0 Å². The van der Waals surface area contributed by atoms with Gasteiger partial charge in [0.15, 0.2) is 0 Å². The van der Waals surface area contributed by atoms with Crippen LogP contribution in [0.3, 0.4) is 0 Å². The molecule has 1 fully saturated rings. The van der Waals surface area contributed by atoms with Crippen molar-refractivity contribution >= 4 is 27.5 Å². The minimum atomic E-state index is 0.126. The highest BCUT2D eigenvalue weighted by atomic mass is 79.9. The van der Waals surface area contributed by atoms with E-state index in [0.29, 0.717) is 0 Å². The predicted octanol–water partition coefficient (Wildman–Crippen LogP) is 3.23. The highest BCUT2D eigenvalue weighted by molar-refractivity contribution is 9.10. The van der Waals surface area contributed by atoms with Crippen molar-refractivity contribution in [2.75, 3.05) is 13.1 Å². The van der Waals surface area contributed by atoms with Crippen molar-refractivity contribution in [2.45, 2.75) is 18.8 Å². The standard InChI is InChI=1S/C15H17BrClN3/c1-10-13(14(17)20(2)19-10)7-15(8-18-9-15)11-4-3-5-12(16)6-11/h3-6,18H,7-9H2,1-2H3. The maximum absolute atomic E-state index is 6.39. The van der Waals surface area contributed by atoms with Gasteiger partial charge in [0.2, 0.25) is 0 Å². The van der Waals surface area contributed by atoms with Gasteiger partial charge in [-0.2, -0.15) is 5.10 Å². The lowest BCUT2D eigenvalue weighted by Crippen LogP contribution is -2.58. The molecule has 0 spiro atoms. The quantitative estimate of drug-likeness (QED) is 0.917. The summed E-state index contributed by atoms with van der Waals surface area (Å²) >= 11 is 9.95. The molecule has 5 heteroatoms. The molecule has 0 amide bonds. The first kappa shape index (κ1) is 14.1. The normalized spacial score (nSPS) is 17.0. The molecule has 20 heavy (non-hydrogen) atoms.